The summed E-state index contributed by atoms with van der Waals surface area (Å²) in [7, 11) is 0. The van der Waals surface area contributed by atoms with E-state index in [2.05, 4.69) is 20.4 Å². The zero-order valence-electron chi connectivity index (χ0n) is 28.2. The van der Waals surface area contributed by atoms with E-state index in [1.807, 2.05) is 0 Å². The van der Waals surface area contributed by atoms with E-state index in [1.165, 1.54) is 23.1 Å². The van der Waals surface area contributed by atoms with Gasteiger partial charge in [-0.3, -0.25) is 14.4 Å². The van der Waals surface area contributed by atoms with Gasteiger partial charge in [0.1, 0.15) is 18.0 Å². The Hall–Kier alpha value is -5.49. The molecule has 0 unspecified atom stereocenters. The number of pyridine rings is 1. The summed E-state index contributed by atoms with van der Waals surface area (Å²) in [6.45, 7) is 4.26. The second kappa shape index (κ2) is 13.8. The lowest BCUT2D eigenvalue weighted by atomic mass is 10.1. The van der Waals surface area contributed by atoms with Gasteiger partial charge in [-0.1, -0.05) is 24.6 Å². The average Bonchev–Trinajstić information content (AvgIpc) is 3.80. The number of carbonyl (C=O) groups is 2. The topological polar surface area (TPSA) is 160 Å². The van der Waals surface area contributed by atoms with Gasteiger partial charge < -0.3 is 33.9 Å². The molecule has 0 bridgehead atoms. The first-order valence-corrected chi connectivity index (χ1v) is 16.9. The van der Waals surface area contributed by atoms with E-state index in [1.54, 1.807) is 29.7 Å². The van der Waals surface area contributed by atoms with Gasteiger partial charge in [0.15, 0.2) is 22.9 Å². The van der Waals surface area contributed by atoms with Gasteiger partial charge in [-0.15, -0.1) is 5.10 Å². The van der Waals surface area contributed by atoms with Crippen molar-refractivity contribution in [3.63, 3.8) is 0 Å². The van der Waals surface area contributed by atoms with Crippen molar-refractivity contribution in [3.8, 4) is 5.75 Å². The Morgan fingerprint density at radius 1 is 1.21 bits per heavy atom. The fraction of sp³-hybridized carbons (Fsp3) is 0.353. The summed E-state index contributed by atoms with van der Waals surface area (Å²) in [5.41, 5.74) is -0.992. The third kappa shape index (κ3) is 6.56. The van der Waals surface area contributed by atoms with Gasteiger partial charge in [0.25, 0.3) is 11.5 Å². The lowest BCUT2D eigenvalue weighted by Gasteiger charge is -2.41. The molecule has 1 saturated heterocycles. The molecule has 0 spiro atoms. The fourth-order valence-electron chi connectivity index (χ4n) is 6.67. The highest BCUT2D eigenvalue weighted by Crippen LogP contribution is 2.36. The first-order valence-electron chi connectivity index (χ1n) is 16.5. The molecular weight excluding hydrogens is 728 g/mol. The number of hydrogen-bond donors (Lipinski definition) is 2. The molecule has 278 valence electrons. The summed E-state index contributed by atoms with van der Waals surface area (Å²) in [4.78, 5) is 53.5. The maximum absolute atomic E-state index is 14.4. The van der Waals surface area contributed by atoms with Crippen molar-refractivity contribution in [1.82, 2.24) is 29.0 Å². The van der Waals surface area contributed by atoms with Crippen LogP contribution in [0.2, 0.25) is 5.02 Å². The first-order chi connectivity index (χ1) is 25.3. The average molecular weight is 759 g/mol. The van der Waals surface area contributed by atoms with Gasteiger partial charge >= 0.3 is 6.18 Å². The minimum atomic E-state index is -5.00. The number of furan rings is 1. The van der Waals surface area contributed by atoms with Gasteiger partial charge in [-0.25, -0.2) is 9.37 Å². The number of fused-ring (bicyclic) bond motifs is 2. The number of piperazine rings is 1. The Labute approximate surface area is 302 Å². The number of carbonyl (C=O) groups excluding carboxylic acids is 2. The highest BCUT2D eigenvalue weighted by molar-refractivity contribution is 6.33. The molecule has 1 aromatic carbocycles. The number of benzene rings is 1. The minimum absolute atomic E-state index is 0.0240. The van der Waals surface area contributed by atoms with Crippen LogP contribution in [0.25, 0.3) is 22.3 Å². The zero-order valence-corrected chi connectivity index (χ0v) is 29.0. The molecule has 1 fully saturated rings. The standard InChI is InChI=1S/C34H31ClF4N8O6/c1-3-24-28(44-7-8-45(17(2)15-44)31(50)27-29(49)19-6-11-53-25(19)14-40-27)32(51)47-33(42-30(43-47)18-4-9-52-10-5-18)46(24)16-26(48)41-23-13-22(36)20(12-21(23)35)34(37,38)39/h4,6,11-14,17,49H,3,5,7-10,15-16H2,1-2H3,(H,41,48)/t17-/m1/s1. The summed E-state index contributed by atoms with van der Waals surface area (Å²) in [6.07, 6.45) is 0.218. The van der Waals surface area contributed by atoms with E-state index < -0.39 is 52.5 Å². The molecule has 0 aliphatic carbocycles. The van der Waals surface area contributed by atoms with Gasteiger partial charge in [0.2, 0.25) is 11.7 Å². The van der Waals surface area contributed by atoms with Crippen LogP contribution in [0.1, 0.15) is 47.8 Å². The molecule has 14 nitrogen and oxygen atoms in total. The SMILES string of the molecule is CCc1c(N2CCN(C(=O)c3ncc4occc4c3O)[C@H](C)C2)c(=O)n2nc(C3=CCOCC3)nc2n1CC(=O)Nc1cc(F)c(C(F)(F)F)cc1Cl. The van der Waals surface area contributed by atoms with Crippen LogP contribution >= 0.6 is 11.6 Å². The lowest BCUT2D eigenvalue weighted by Crippen LogP contribution is -2.55. The quantitative estimate of drug-likeness (QED) is 0.219. The van der Waals surface area contributed by atoms with Crippen molar-refractivity contribution >= 4 is 57.1 Å². The van der Waals surface area contributed by atoms with E-state index >= 15 is 0 Å². The number of nitrogens with one attached hydrogen (secondary N) is 1. The molecule has 0 radical (unpaired) electrons. The molecule has 2 amide bonds. The van der Waals surface area contributed by atoms with Gasteiger partial charge in [0.05, 0.1) is 53.0 Å². The number of ether oxygens (including phenoxy) is 1. The van der Waals surface area contributed by atoms with E-state index in [0.29, 0.717) is 48.4 Å². The van der Waals surface area contributed by atoms with Crippen LogP contribution in [-0.4, -0.2) is 84.9 Å². The highest BCUT2D eigenvalue weighted by atomic mass is 35.5. The molecule has 19 heteroatoms. The van der Waals surface area contributed by atoms with Crippen molar-refractivity contribution in [1.29, 1.82) is 0 Å². The Bertz CT molecular complexity index is 2370. The summed E-state index contributed by atoms with van der Waals surface area (Å²) >= 11 is 6.03. The number of halogens is 5. The second-order valence-corrected chi connectivity index (χ2v) is 13.0. The number of aromatic hydroxyl groups is 1. The molecule has 7 rings (SSSR count). The summed E-state index contributed by atoms with van der Waals surface area (Å²) < 4.78 is 67.4. The van der Waals surface area contributed by atoms with Crippen LogP contribution in [0.15, 0.2) is 45.9 Å². The second-order valence-electron chi connectivity index (χ2n) is 12.5. The van der Waals surface area contributed by atoms with Crippen molar-refractivity contribution in [2.24, 2.45) is 0 Å². The summed E-state index contributed by atoms with van der Waals surface area (Å²) in [6, 6.07) is 1.94. The van der Waals surface area contributed by atoms with Crippen LogP contribution in [0.3, 0.4) is 0 Å². The predicted octanol–water partition coefficient (Wildman–Crippen LogP) is 4.90. The molecule has 5 aromatic rings. The van der Waals surface area contributed by atoms with Crippen LogP contribution < -0.4 is 15.8 Å². The molecule has 2 aliphatic rings. The van der Waals surface area contributed by atoms with Crippen molar-refractivity contribution < 1.29 is 41.4 Å². The predicted molar refractivity (Wildman–Crippen MR) is 183 cm³/mol. The van der Waals surface area contributed by atoms with E-state index in [9.17, 15) is 37.1 Å². The molecule has 53 heavy (non-hydrogen) atoms. The fourth-order valence-corrected chi connectivity index (χ4v) is 6.88. The van der Waals surface area contributed by atoms with Crippen LogP contribution in [-0.2, 0) is 28.7 Å². The third-order valence-electron chi connectivity index (χ3n) is 9.24. The van der Waals surface area contributed by atoms with Gasteiger partial charge in [-0.05, 0) is 43.5 Å². The molecule has 2 N–H and O–H groups in total. The van der Waals surface area contributed by atoms with Crippen molar-refractivity contribution in [2.75, 3.05) is 43.1 Å². The number of rotatable bonds is 7. The van der Waals surface area contributed by atoms with E-state index in [-0.39, 0.29) is 60.5 Å². The molecule has 6 heterocycles. The molecule has 2 aliphatic heterocycles. The molecule has 0 saturated carbocycles. The Kier molecular flexibility index (Phi) is 9.35. The third-order valence-corrected chi connectivity index (χ3v) is 9.55. The van der Waals surface area contributed by atoms with Crippen molar-refractivity contribution in [2.45, 2.75) is 45.5 Å². The number of hydrogen-bond acceptors (Lipinski definition) is 10. The molecule has 1 atom stereocenters. The zero-order chi connectivity index (χ0) is 37.8. The molecular formula is C34H31ClF4N8O6. The number of anilines is 2. The number of aromatic nitrogens is 5. The smallest absolute Gasteiger partial charge is 0.419 e. The maximum atomic E-state index is 14.4. The Morgan fingerprint density at radius 3 is 2.70 bits per heavy atom. The highest BCUT2D eigenvalue weighted by Gasteiger charge is 2.36. The van der Waals surface area contributed by atoms with E-state index in [0.717, 1.165) is 10.1 Å². The van der Waals surface area contributed by atoms with Crippen LogP contribution in [0.4, 0.5) is 28.9 Å². The first kappa shape index (κ1) is 35.9. The number of nitrogens with zero attached hydrogens (tertiary/aromatic N) is 7. The normalized spacial score (nSPS) is 16.7. The maximum Gasteiger partial charge on any atom is 0.419 e. The largest absolute Gasteiger partial charge is 0.505 e. The summed E-state index contributed by atoms with van der Waals surface area (Å²) in [5.74, 6) is -2.96. The number of alkyl halides is 3. The monoisotopic (exact) mass is 758 g/mol. The van der Waals surface area contributed by atoms with E-state index in [4.69, 9.17) is 20.8 Å². The van der Waals surface area contributed by atoms with Gasteiger partial charge in [-0.2, -0.15) is 22.7 Å². The van der Waals surface area contributed by atoms with Crippen LogP contribution in [0, 0.1) is 5.82 Å². The Morgan fingerprint density at radius 2 is 2.00 bits per heavy atom. The van der Waals surface area contributed by atoms with Crippen molar-refractivity contribution in [3.05, 3.63) is 80.7 Å². The summed E-state index contributed by atoms with van der Waals surface area (Å²) in [5, 5.41) is 17.5. The Balaban J connectivity index is 1.24. The molecule has 4 aromatic heterocycles. The number of amides is 2. The van der Waals surface area contributed by atoms with Crippen LogP contribution in [0.5, 0.6) is 5.75 Å². The minimum Gasteiger partial charge on any atom is -0.505 e. The van der Waals surface area contributed by atoms with Gasteiger partial charge in [0, 0.05) is 25.7 Å². The lowest BCUT2D eigenvalue weighted by molar-refractivity contribution is -0.140.